The molecular weight excluding hydrogens is 202 g/mol. The van der Waals surface area contributed by atoms with E-state index in [0.29, 0.717) is 18.3 Å². The van der Waals surface area contributed by atoms with E-state index in [1.54, 1.807) is 6.92 Å². The van der Waals surface area contributed by atoms with Gasteiger partial charge in [-0.3, -0.25) is 4.79 Å². The number of carbonyl (C=O) groups is 1. The Kier molecular flexibility index (Phi) is 4.19. The molecule has 0 radical (unpaired) electrons. The van der Waals surface area contributed by atoms with Crippen molar-refractivity contribution in [3.63, 3.8) is 0 Å². The van der Waals surface area contributed by atoms with Gasteiger partial charge < -0.3 is 20.1 Å². The lowest BCUT2D eigenvalue weighted by Gasteiger charge is -2.07. The van der Waals surface area contributed by atoms with Gasteiger partial charge in [0.1, 0.15) is 0 Å². The number of carboxylic acid groups (broad SMARTS) is 1. The SMILES string of the molecule is Cc1nc(CNCC(O)CC(=O)O)no1. The summed E-state index contributed by atoms with van der Waals surface area (Å²) in [6, 6.07) is 0. The van der Waals surface area contributed by atoms with E-state index in [4.69, 9.17) is 9.63 Å². The quantitative estimate of drug-likeness (QED) is 0.575. The molecule has 3 N–H and O–H groups in total. The number of nitrogens with one attached hydrogen (secondary N) is 1. The summed E-state index contributed by atoms with van der Waals surface area (Å²) in [7, 11) is 0. The second-order valence-electron chi connectivity index (χ2n) is 3.11. The summed E-state index contributed by atoms with van der Waals surface area (Å²) >= 11 is 0. The predicted molar refractivity (Wildman–Crippen MR) is 49.0 cm³/mol. The lowest BCUT2D eigenvalue weighted by atomic mass is 10.2. The van der Waals surface area contributed by atoms with Gasteiger partial charge in [-0.05, 0) is 0 Å². The van der Waals surface area contributed by atoms with Crippen LogP contribution < -0.4 is 5.32 Å². The molecule has 0 bridgehead atoms. The average molecular weight is 215 g/mol. The molecule has 0 saturated carbocycles. The summed E-state index contributed by atoms with van der Waals surface area (Å²) < 4.78 is 4.73. The summed E-state index contributed by atoms with van der Waals surface area (Å²) in [5.41, 5.74) is 0. The van der Waals surface area contributed by atoms with Crippen molar-refractivity contribution in [2.24, 2.45) is 0 Å². The number of aromatic nitrogens is 2. The third-order valence-electron chi connectivity index (χ3n) is 1.64. The Hall–Kier alpha value is -1.47. The van der Waals surface area contributed by atoms with E-state index in [9.17, 15) is 9.90 Å². The van der Waals surface area contributed by atoms with Crippen molar-refractivity contribution in [3.8, 4) is 0 Å². The molecule has 0 saturated heterocycles. The molecule has 0 aliphatic carbocycles. The molecule has 0 aromatic carbocycles. The second kappa shape index (κ2) is 5.42. The molecule has 1 atom stereocenters. The van der Waals surface area contributed by atoms with E-state index in [1.807, 2.05) is 0 Å². The molecule has 15 heavy (non-hydrogen) atoms. The fourth-order valence-corrected chi connectivity index (χ4v) is 1.04. The number of nitrogens with zero attached hydrogens (tertiary/aromatic N) is 2. The van der Waals surface area contributed by atoms with E-state index in [-0.39, 0.29) is 13.0 Å². The summed E-state index contributed by atoms with van der Waals surface area (Å²) in [6.45, 7) is 2.20. The minimum Gasteiger partial charge on any atom is -0.481 e. The van der Waals surface area contributed by atoms with E-state index < -0.39 is 12.1 Å². The lowest BCUT2D eigenvalue weighted by molar-refractivity contribution is -0.139. The van der Waals surface area contributed by atoms with Crippen LogP contribution in [0.3, 0.4) is 0 Å². The second-order valence-corrected chi connectivity index (χ2v) is 3.11. The highest BCUT2D eigenvalue weighted by atomic mass is 16.5. The molecule has 7 nitrogen and oxygen atoms in total. The topological polar surface area (TPSA) is 108 Å². The number of carboxylic acids is 1. The predicted octanol–water partition coefficient (Wildman–Crippen LogP) is -0.697. The molecule has 1 heterocycles. The fourth-order valence-electron chi connectivity index (χ4n) is 1.04. The van der Waals surface area contributed by atoms with Gasteiger partial charge in [-0.1, -0.05) is 5.16 Å². The van der Waals surface area contributed by atoms with Crippen LogP contribution in [0.2, 0.25) is 0 Å². The first-order chi connectivity index (χ1) is 7.08. The van der Waals surface area contributed by atoms with Gasteiger partial charge in [-0.15, -0.1) is 0 Å². The maximum Gasteiger partial charge on any atom is 0.306 e. The summed E-state index contributed by atoms with van der Waals surface area (Å²) in [5.74, 6) is -0.0763. The first-order valence-corrected chi connectivity index (χ1v) is 4.47. The molecule has 7 heteroatoms. The minimum absolute atomic E-state index is 0.180. The monoisotopic (exact) mass is 215 g/mol. The molecular formula is C8H13N3O4. The first kappa shape index (κ1) is 11.6. The molecule has 0 aliphatic rings. The molecule has 84 valence electrons. The van der Waals surface area contributed by atoms with Gasteiger partial charge in [-0.25, -0.2) is 0 Å². The number of aliphatic carboxylic acids is 1. The van der Waals surface area contributed by atoms with Crippen molar-refractivity contribution in [1.82, 2.24) is 15.5 Å². The van der Waals surface area contributed by atoms with Crippen LogP contribution >= 0.6 is 0 Å². The maximum absolute atomic E-state index is 10.2. The van der Waals surface area contributed by atoms with Crippen molar-refractivity contribution >= 4 is 5.97 Å². The molecule has 1 unspecified atom stereocenters. The van der Waals surface area contributed by atoms with Gasteiger partial charge in [0, 0.05) is 13.5 Å². The van der Waals surface area contributed by atoms with Crippen LogP contribution in [0, 0.1) is 6.92 Å². The third-order valence-corrected chi connectivity index (χ3v) is 1.64. The molecule has 0 spiro atoms. The lowest BCUT2D eigenvalue weighted by Crippen LogP contribution is -2.28. The van der Waals surface area contributed by atoms with Gasteiger partial charge >= 0.3 is 5.97 Å². The van der Waals surface area contributed by atoms with Crippen LogP contribution in [0.25, 0.3) is 0 Å². The van der Waals surface area contributed by atoms with E-state index in [2.05, 4.69) is 15.5 Å². The van der Waals surface area contributed by atoms with Gasteiger partial charge in [0.25, 0.3) is 0 Å². The van der Waals surface area contributed by atoms with Crippen molar-refractivity contribution in [2.45, 2.75) is 26.0 Å². The highest BCUT2D eigenvalue weighted by Gasteiger charge is 2.09. The number of rotatable bonds is 6. The largest absolute Gasteiger partial charge is 0.481 e. The van der Waals surface area contributed by atoms with Crippen LogP contribution in [-0.2, 0) is 11.3 Å². The van der Waals surface area contributed by atoms with Crippen molar-refractivity contribution in [3.05, 3.63) is 11.7 Å². The van der Waals surface area contributed by atoms with Crippen LogP contribution in [0.1, 0.15) is 18.1 Å². The number of hydrogen-bond acceptors (Lipinski definition) is 6. The molecule has 1 aromatic rings. The Labute approximate surface area is 86.1 Å². The van der Waals surface area contributed by atoms with Gasteiger partial charge in [-0.2, -0.15) is 4.98 Å². The van der Waals surface area contributed by atoms with Gasteiger partial charge in [0.2, 0.25) is 5.89 Å². The van der Waals surface area contributed by atoms with Gasteiger partial charge in [0.15, 0.2) is 5.82 Å². The highest BCUT2D eigenvalue weighted by Crippen LogP contribution is 1.95. The molecule has 0 amide bonds. The summed E-state index contributed by atoms with van der Waals surface area (Å²) in [4.78, 5) is 14.1. The Morgan fingerprint density at radius 2 is 2.40 bits per heavy atom. The van der Waals surface area contributed by atoms with Crippen LogP contribution in [0.4, 0.5) is 0 Å². The smallest absolute Gasteiger partial charge is 0.306 e. The molecule has 1 aromatic heterocycles. The highest BCUT2D eigenvalue weighted by molar-refractivity contribution is 5.67. The third kappa shape index (κ3) is 4.52. The number of aliphatic hydroxyl groups excluding tert-OH is 1. The molecule has 0 aliphatic heterocycles. The number of aryl methyl sites for hydroxylation is 1. The Bertz CT molecular complexity index is 325. The zero-order valence-corrected chi connectivity index (χ0v) is 8.30. The normalized spacial score (nSPS) is 12.7. The van der Waals surface area contributed by atoms with Gasteiger partial charge in [0.05, 0.1) is 19.1 Å². The summed E-state index contributed by atoms with van der Waals surface area (Å²) in [5, 5.41) is 24.0. The Morgan fingerprint density at radius 3 is 2.93 bits per heavy atom. The zero-order valence-electron chi connectivity index (χ0n) is 8.30. The summed E-state index contributed by atoms with van der Waals surface area (Å²) in [6.07, 6.45) is -1.19. The van der Waals surface area contributed by atoms with Crippen molar-refractivity contribution in [2.75, 3.05) is 6.54 Å². The molecule has 1 rings (SSSR count). The number of aliphatic hydroxyl groups is 1. The van der Waals surface area contributed by atoms with E-state index in [1.165, 1.54) is 0 Å². The zero-order chi connectivity index (χ0) is 11.3. The Morgan fingerprint density at radius 1 is 1.67 bits per heavy atom. The van der Waals surface area contributed by atoms with E-state index in [0.717, 1.165) is 0 Å². The van der Waals surface area contributed by atoms with Crippen LogP contribution in [0.5, 0.6) is 0 Å². The van der Waals surface area contributed by atoms with Crippen molar-refractivity contribution in [1.29, 1.82) is 0 Å². The Balaban J connectivity index is 2.18. The maximum atomic E-state index is 10.2. The van der Waals surface area contributed by atoms with Crippen LogP contribution in [0.15, 0.2) is 4.52 Å². The van der Waals surface area contributed by atoms with Crippen LogP contribution in [-0.4, -0.2) is 39.0 Å². The van der Waals surface area contributed by atoms with E-state index >= 15 is 0 Å². The standard InChI is InChI=1S/C8H13N3O4/c1-5-10-7(11-15-5)4-9-3-6(12)2-8(13)14/h6,9,12H,2-4H2,1H3,(H,13,14). The van der Waals surface area contributed by atoms with Crippen molar-refractivity contribution < 1.29 is 19.5 Å². The fraction of sp³-hybridized carbons (Fsp3) is 0.625. The minimum atomic E-state index is -1.03. The number of hydrogen-bond donors (Lipinski definition) is 3. The average Bonchev–Trinajstić information content (AvgIpc) is 2.50. The molecule has 0 fully saturated rings. The first-order valence-electron chi connectivity index (χ1n) is 4.47.